The van der Waals surface area contributed by atoms with Crippen LogP contribution in [0.4, 0.5) is 0 Å². The fraction of sp³-hybridized carbons (Fsp3) is 0.889. The van der Waals surface area contributed by atoms with Crippen LogP contribution in [0.15, 0.2) is 0 Å². The Kier molecular flexibility index (Phi) is 4.86. The van der Waals surface area contributed by atoms with Gasteiger partial charge < -0.3 is 19.9 Å². The van der Waals surface area contributed by atoms with Crippen LogP contribution >= 0.6 is 0 Å². The fourth-order valence-electron chi connectivity index (χ4n) is 1.37. The van der Waals surface area contributed by atoms with E-state index in [1.54, 1.807) is 7.11 Å². The van der Waals surface area contributed by atoms with Gasteiger partial charge in [-0.2, -0.15) is 0 Å². The fourth-order valence-corrected chi connectivity index (χ4v) is 1.37. The number of carbonyl (C=O) groups is 1. The normalized spacial score (nSPS) is 26.4. The van der Waals surface area contributed by atoms with Crippen LogP contribution in [0.1, 0.15) is 12.8 Å². The average Bonchev–Trinajstić information content (AvgIpc) is 2.66. The number of hydrogen-bond donors (Lipinski definition) is 1. The minimum Gasteiger partial charge on any atom is -0.461 e. The Hall–Kier alpha value is -0.650. The number of carbonyl (C=O) groups excluding carboxylic acids is 1. The van der Waals surface area contributed by atoms with Crippen molar-refractivity contribution in [2.75, 3.05) is 26.9 Å². The van der Waals surface area contributed by atoms with Crippen LogP contribution in [0.3, 0.4) is 0 Å². The van der Waals surface area contributed by atoms with E-state index < -0.39 is 6.10 Å². The molecule has 1 aliphatic rings. The van der Waals surface area contributed by atoms with Crippen LogP contribution in [-0.4, -0.2) is 45.0 Å². The molecule has 1 heterocycles. The summed E-state index contributed by atoms with van der Waals surface area (Å²) >= 11 is 0. The zero-order valence-electron chi connectivity index (χ0n) is 8.40. The van der Waals surface area contributed by atoms with E-state index >= 15 is 0 Å². The summed E-state index contributed by atoms with van der Waals surface area (Å²) in [6.45, 7) is 1.16. The summed E-state index contributed by atoms with van der Waals surface area (Å²) in [5.74, 6) is -0.307. The molecule has 14 heavy (non-hydrogen) atoms. The summed E-state index contributed by atoms with van der Waals surface area (Å²) in [7, 11) is 1.56. The van der Waals surface area contributed by atoms with Gasteiger partial charge >= 0.3 is 5.97 Å². The third kappa shape index (κ3) is 3.25. The van der Waals surface area contributed by atoms with Crippen molar-refractivity contribution in [1.82, 2.24) is 0 Å². The molecular formula is C9H17NO4. The molecule has 5 heteroatoms. The van der Waals surface area contributed by atoms with Crippen LogP contribution in [0, 0.1) is 0 Å². The molecule has 0 bridgehead atoms. The highest BCUT2D eigenvalue weighted by Crippen LogP contribution is 2.19. The molecule has 0 aromatic rings. The largest absolute Gasteiger partial charge is 0.461 e. The summed E-state index contributed by atoms with van der Waals surface area (Å²) < 4.78 is 15.1. The van der Waals surface area contributed by atoms with Crippen LogP contribution in [0.25, 0.3) is 0 Å². The Balaban J connectivity index is 2.18. The third-order valence-corrected chi connectivity index (χ3v) is 2.17. The maximum absolute atomic E-state index is 11.3. The predicted molar refractivity (Wildman–Crippen MR) is 49.8 cm³/mol. The van der Waals surface area contributed by atoms with E-state index in [4.69, 9.17) is 19.9 Å². The molecule has 0 radical (unpaired) electrons. The standard InChI is InChI=1S/C9H17NO4/c1-12-4-5-13-9(11)8-3-2-7(6-10)14-8/h7-8H,2-6,10H2,1H3. The van der Waals surface area contributed by atoms with E-state index in [9.17, 15) is 4.79 Å². The third-order valence-electron chi connectivity index (χ3n) is 2.17. The zero-order chi connectivity index (χ0) is 10.4. The van der Waals surface area contributed by atoms with Crippen molar-refractivity contribution < 1.29 is 19.0 Å². The van der Waals surface area contributed by atoms with Gasteiger partial charge in [-0.05, 0) is 12.8 Å². The molecule has 1 rings (SSSR count). The Morgan fingerprint density at radius 1 is 1.50 bits per heavy atom. The van der Waals surface area contributed by atoms with E-state index in [1.807, 2.05) is 0 Å². The van der Waals surface area contributed by atoms with Crippen molar-refractivity contribution in [2.45, 2.75) is 25.0 Å². The lowest BCUT2D eigenvalue weighted by Gasteiger charge is -2.11. The first-order chi connectivity index (χ1) is 6.77. The monoisotopic (exact) mass is 203 g/mol. The molecule has 2 atom stereocenters. The second kappa shape index (κ2) is 5.95. The lowest BCUT2D eigenvalue weighted by Crippen LogP contribution is -2.27. The summed E-state index contributed by atoms with van der Waals surface area (Å²) in [6, 6.07) is 0. The molecule has 1 fully saturated rings. The number of nitrogens with two attached hydrogens (primary N) is 1. The van der Waals surface area contributed by atoms with Crippen molar-refractivity contribution in [2.24, 2.45) is 5.73 Å². The highest BCUT2D eigenvalue weighted by atomic mass is 16.6. The predicted octanol–water partition coefficient (Wildman–Crippen LogP) is -0.318. The van der Waals surface area contributed by atoms with Gasteiger partial charge in [-0.1, -0.05) is 0 Å². The molecule has 0 saturated carbocycles. The molecule has 0 spiro atoms. The first kappa shape index (κ1) is 11.4. The van der Waals surface area contributed by atoms with Gasteiger partial charge in [0.2, 0.25) is 0 Å². The molecule has 0 aromatic heterocycles. The number of hydrogen-bond acceptors (Lipinski definition) is 5. The smallest absolute Gasteiger partial charge is 0.335 e. The van der Waals surface area contributed by atoms with Crippen molar-refractivity contribution in [3.63, 3.8) is 0 Å². The lowest BCUT2D eigenvalue weighted by atomic mass is 10.2. The molecule has 0 aromatic carbocycles. The molecule has 5 nitrogen and oxygen atoms in total. The maximum atomic E-state index is 11.3. The molecule has 0 amide bonds. The van der Waals surface area contributed by atoms with E-state index in [2.05, 4.69) is 0 Å². The molecule has 0 aliphatic carbocycles. The summed E-state index contributed by atoms with van der Waals surface area (Å²) in [6.07, 6.45) is 1.11. The van der Waals surface area contributed by atoms with Crippen LogP contribution < -0.4 is 5.73 Å². The highest BCUT2D eigenvalue weighted by molar-refractivity contribution is 5.74. The van der Waals surface area contributed by atoms with Gasteiger partial charge in [0.1, 0.15) is 6.61 Å². The van der Waals surface area contributed by atoms with Crippen molar-refractivity contribution >= 4 is 5.97 Å². The van der Waals surface area contributed by atoms with Gasteiger partial charge in [-0.3, -0.25) is 0 Å². The quantitative estimate of drug-likeness (QED) is 0.490. The number of rotatable bonds is 5. The molecule has 82 valence electrons. The van der Waals surface area contributed by atoms with E-state index in [1.165, 1.54) is 0 Å². The van der Waals surface area contributed by atoms with Gasteiger partial charge in [0.15, 0.2) is 6.10 Å². The van der Waals surface area contributed by atoms with Gasteiger partial charge in [0.05, 0.1) is 12.7 Å². The summed E-state index contributed by atoms with van der Waals surface area (Å²) in [4.78, 5) is 11.3. The number of esters is 1. The Bertz CT molecular complexity index is 186. The Morgan fingerprint density at radius 2 is 2.29 bits per heavy atom. The topological polar surface area (TPSA) is 70.8 Å². The van der Waals surface area contributed by atoms with Gasteiger partial charge in [-0.25, -0.2) is 4.79 Å². The van der Waals surface area contributed by atoms with E-state index in [-0.39, 0.29) is 18.7 Å². The Morgan fingerprint density at radius 3 is 2.86 bits per heavy atom. The maximum Gasteiger partial charge on any atom is 0.335 e. The average molecular weight is 203 g/mol. The molecular weight excluding hydrogens is 186 g/mol. The van der Waals surface area contributed by atoms with Gasteiger partial charge in [-0.15, -0.1) is 0 Å². The second-order valence-electron chi connectivity index (χ2n) is 3.22. The zero-order valence-corrected chi connectivity index (χ0v) is 8.40. The van der Waals surface area contributed by atoms with Crippen LogP contribution in [0.2, 0.25) is 0 Å². The minimum atomic E-state index is -0.430. The Labute approximate surface area is 83.5 Å². The first-order valence-corrected chi connectivity index (χ1v) is 4.79. The highest BCUT2D eigenvalue weighted by Gasteiger charge is 2.30. The molecule has 1 aliphatic heterocycles. The molecule has 2 unspecified atom stereocenters. The first-order valence-electron chi connectivity index (χ1n) is 4.79. The summed E-state index contributed by atoms with van der Waals surface area (Å²) in [5, 5.41) is 0. The van der Waals surface area contributed by atoms with E-state index in [0.29, 0.717) is 19.6 Å². The minimum absolute atomic E-state index is 0.00924. The number of methoxy groups -OCH3 is 1. The SMILES string of the molecule is COCCOC(=O)C1CCC(CN)O1. The number of ether oxygens (including phenoxy) is 3. The second-order valence-corrected chi connectivity index (χ2v) is 3.22. The molecule has 1 saturated heterocycles. The van der Waals surface area contributed by atoms with Crippen molar-refractivity contribution in [3.05, 3.63) is 0 Å². The van der Waals surface area contributed by atoms with E-state index in [0.717, 1.165) is 6.42 Å². The van der Waals surface area contributed by atoms with Crippen molar-refractivity contribution in [3.8, 4) is 0 Å². The van der Waals surface area contributed by atoms with Crippen LogP contribution in [-0.2, 0) is 19.0 Å². The van der Waals surface area contributed by atoms with Gasteiger partial charge in [0.25, 0.3) is 0 Å². The summed E-state index contributed by atoms with van der Waals surface area (Å²) in [5.41, 5.74) is 5.42. The molecule has 2 N–H and O–H groups in total. The van der Waals surface area contributed by atoms with Crippen molar-refractivity contribution in [1.29, 1.82) is 0 Å². The van der Waals surface area contributed by atoms with Crippen LogP contribution in [0.5, 0.6) is 0 Å². The van der Waals surface area contributed by atoms with Gasteiger partial charge in [0, 0.05) is 13.7 Å². The lowest BCUT2D eigenvalue weighted by molar-refractivity contribution is -0.157.